The zero-order valence-corrected chi connectivity index (χ0v) is 15.7. The molecule has 0 radical (unpaired) electrons. The van der Waals surface area contributed by atoms with Gasteiger partial charge >= 0.3 is 23.9 Å². The number of hydrogen-bond donors (Lipinski definition) is 1. The standard InChI is InChI=1S/C20H24O8/c1-9(2)17(23)28-20(6-4-3-5-7-20)19(25)27-15-10-8-11-13(12(10)16(21)22)18(24)26-14(11)15/h10-15H,1,3-8H2,2H3,(H,21,22). The first kappa shape index (κ1) is 19.0. The number of aliphatic carboxylic acids is 1. The van der Waals surface area contributed by atoms with E-state index in [9.17, 15) is 24.3 Å². The van der Waals surface area contributed by atoms with Gasteiger partial charge in [0.05, 0.1) is 11.8 Å². The molecule has 1 N–H and O–H groups in total. The van der Waals surface area contributed by atoms with Crippen LogP contribution >= 0.6 is 0 Å². The van der Waals surface area contributed by atoms with Crippen LogP contribution in [0.15, 0.2) is 12.2 Å². The fraction of sp³-hybridized carbons (Fsp3) is 0.700. The summed E-state index contributed by atoms with van der Waals surface area (Å²) in [5.41, 5.74) is -1.20. The number of carbonyl (C=O) groups excluding carboxylic acids is 3. The Bertz CT molecular complexity index is 749. The average molecular weight is 392 g/mol. The Morgan fingerprint density at radius 1 is 1.18 bits per heavy atom. The van der Waals surface area contributed by atoms with Crippen LogP contribution in [0.25, 0.3) is 0 Å². The summed E-state index contributed by atoms with van der Waals surface area (Å²) in [6, 6.07) is 0. The van der Waals surface area contributed by atoms with Gasteiger partial charge in [-0.1, -0.05) is 13.0 Å². The molecule has 8 nitrogen and oxygen atoms in total. The lowest BCUT2D eigenvalue weighted by molar-refractivity contribution is -0.195. The minimum Gasteiger partial charge on any atom is -0.481 e. The molecule has 28 heavy (non-hydrogen) atoms. The number of carboxylic acids is 1. The van der Waals surface area contributed by atoms with Crippen molar-refractivity contribution in [3.63, 3.8) is 0 Å². The summed E-state index contributed by atoms with van der Waals surface area (Å²) in [5.74, 6) is -5.20. The van der Waals surface area contributed by atoms with Gasteiger partial charge in [-0.3, -0.25) is 9.59 Å². The van der Waals surface area contributed by atoms with Crippen LogP contribution in [0.3, 0.4) is 0 Å². The van der Waals surface area contributed by atoms with Crippen LogP contribution in [-0.4, -0.2) is 46.8 Å². The highest BCUT2D eigenvalue weighted by Crippen LogP contribution is 2.59. The largest absolute Gasteiger partial charge is 0.481 e. The molecule has 0 spiro atoms. The highest BCUT2D eigenvalue weighted by Gasteiger charge is 2.70. The van der Waals surface area contributed by atoms with Crippen molar-refractivity contribution in [1.82, 2.24) is 0 Å². The van der Waals surface area contributed by atoms with Gasteiger partial charge in [0.2, 0.25) is 5.60 Å². The Labute approximate surface area is 162 Å². The van der Waals surface area contributed by atoms with E-state index in [4.69, 9.17) is 14.2 Å². The summed E-state index contributed by atoms with van der Waals surface area (Å²) in [5, 5.41) is 9.58. The molecule has 6 atom stereocenters. The molecule has 8 heteroatoms. The summed E-state index contributed by atoms with van der Waals surface area (Å²) in [7, 11) is 0. The first-order valence-electron chi connectivity index (χ1n) is 9.78. The maximum absolute atomic E-state index is 13.1. The molecule has 6 unspecified atom stereocenters. The van der Waals surface area contributed by atoms with E-state index in [-0.39, 0.29) is 11.5 Å². The molecule has 0 amide bonds. The zero-order valence-electron chi connectivity index (χ0n) is 15.7. The first-order chi connectivity index (χ1) is 13.2. The van der Waals surface area contributed by atoms with Crippen molar-refractivity contribution in [1.29, 1.82) is 0 Å². The normalized spacial score (nSPS) is 37.2. The van der Waals surface area contributed by atoms with Crippen LogP contribution < -0.4 is 0 Å². The van der Waals surface area contributed by atoms with Crippen LogP contribution in [0.2, 0.25) is 0 Å². The van der Waals surface area contributed by atoms with Gasteiger partial charge < -0.3 is 19.3 Å². The second kappa shape index (κ2) is 6.60. The number of carboxylic acid groups (broad SMARTS) is 1. The van der Waals surface area contributed by atoms with Crippen LogP contribution in [-0.2, 0) is 33.4 Å². The van der Waals surface area contributed by atoms with Gasteiger partial charge in [-0.05, 0) is 39.0 Å². The second-order valence-corrected chi connectivity index (χ2v) is 8.45. The molecular formula is C20H24O8. The fourth-order valence-corrected chi connectivity index (χ4v) is 5.45. The van der Waals surface area contributed by atoms with E-state index in [1.165, 1.54) is 6.92 Å². The van der Waals surface area contributed by atoms with E-state index in [2.05, 4.69) is 6.58 Å². The number of ether oxygens (including phenoxy) is 3. The predicted octanol–water partition coefficient (Wildman–Crippen LogP) is 1.61. The Morgan fingerprint density at radius 2 is 1.86 bits per heavy atom. The summed E-state index contributed by atoms with van der Waals surface area (Å²) < 4.78 is 16.6. The molecule has 3 saturated carbocycles. The van der Waals surface area contributed by atoms with Crippen molar-refractivity contribution < 1.29 is 38.5 Å². The second-order valence-electron chi connectivity index (χ2n) is 8.45. The number of hydrogen-bond acceptors (Lipinski definition) is 7. The molecule has 152 valence electrons. The smallest absolute Gasteiger partial charge is 0.351 e. The molecule has 1 heterocycles. The molecule has 0 aromatic rings. The highest BCUT2D eigenvalue weighted by molar-refractivity contribution is 5.91. The third-order valence-electron chi connectivity index (χ3n) is 6.74. The van der Waals surface area contributed by atoms with Gasteiger partial charge in [-0.25, -0.2) is 9.59 Å². The minimum absolute atomic E-state index is 0.191. The monoisotopic (exact) mass is 392 g/mol. The van der Waals surface area contributed by atoms with Gasteiger partial charge in [-0.2, -0.15) is 0 Å². The van der Waals surface area contributed by atoms with Crippen molar-refractivity contribution in [2.24, 2.45) is 23.7 Å². The van der Waals surface area contributed by atoms with E-state index < -0.39 is 59.4 Å². The Hall–Kier alpha value is -2.38. The van der Waals surface area contributed by atoms with Crippen molar-refractivity contribution in [3.8, 4) is 0 Å². The highest BCUT2D eigenvalue weighted by atomic mass is 16.6. The Morgan fingerprint density at radius 3 is 2.46 bits per heavy atom. The molecule has 2 bridgehead atoms. The lowest BCUT2D eigenvalue weighted by Gasteiger charge is -2.37. The summed E-state index contributed by atoms with van der Waals surface area (Å²) in [4.78, 5) is 49.1. The molecule has 4 aliphatic rings. The lowest BCUT2D eigenvalue weighted by Crippen LogP contribution is -2.51. The third kappa shape index (κ3) is 2.72. The van der Waals surface area contributed by atoms with Crippen molar-refractivity contribution in [2.75, 3.05) is 0 Å². The summed E-state index contributed by atoms with van der Waals surface area (Å²) in [6.07, 6.45) is 2.11. The number of carbonyl (C=O) groups is 4. The predicted molar refractivity (Wildman–Crippen MR) is 92.7 cm³/mol. The molecule has 3 aliphatic carbocycles. The fourth-order valence-electron chi connectivity index (χ4n) is 5.45. The SMILES string of the molecule is C=C(C)C(=O)OC1(C(=O)OC2C3CC4C2OC(=O)C4C3C(=O)O)CCCCC1. The molecule has 1 aliphatic heterocycles. The number of esters is 3. The maximum atomic E-state index is 13.1. The van der Waals surface area contributed by atoms with Crippen molar-refractivity contribution in [2.45, 2.75) is 63.3 Å². The van der Waals surface area contributed by atoms with E-state index in [1.807, 2.05) is 0 Å². The molecule has 1 saturated heterocycles. The van der Waals surface area contributed by atoms with Crippen LogP contribution in [0, 0.1) is 23.7 Å². The van der Waals surface area contributed by atoms with Gasteiger partial charge in [0.25, 0.3) is 0 Å². The molecular weight excluding hydrogens is 368 g/mol. The zero-order chi connectivity index (χ0) is 20.2. The van der Waals surface area contributed by atoms with Gasteiger partial charge in [0.15, 0.2) is 0 Å². The van der Waals surface area contributed by atoms with Gasteiger partial charge in [0, 0.05) is 17.4 Å². The number of fused-ring (bicyclic) bond motifs is 1. The molecule has 0 aromatic carbocycles. The summed E-state index contributed by atoms with van der Waals surface area (Å²) >= 11 is 0. The maximum Gasteiger partial charge on any atom is 0.351 e. The van der Waals surface area contributed by atoms with Crippen molar-refractivity contribution in [3.05, 3.63) is 12.2 Å². The third-order valence-corrected chi connectivity index (χ3v) is 6.74. The Kier molecular flexibility index (Phi) is 4.47. The topological polar surface area (TPSA) is 116 Å². The minimum atomic E-state index is -1.39. The van der Waals surface area contributed by atoms with Crippen molar-refractivity contribution >= 4 is 23.9 Å². The van der Waals surface area contributed by atoms with Crippen LogP contribution in [0.4, 0.5) is 0 Å². The van der Waals surface area contributed by atoms with E-state index >= 15 is 0 Å². The lowest BCUT2D eigenvalue weighted by atomic mass is 9.78. The molecule has 0 aromatic heterocycles. The number of rotatable bonds is 5. The average Bonchev–Trinajstić information content (AvgIpc) is 3.25. The van der Waals surface area contributed by atoms with Crippen LogP contribution in [0.5, 0.6) is 0 Å². The van der Waals surface area contributed by atoms with E-state index in [1.54, 1.807) is 0 Å². The van der Waals surface area contributed by atoms with E-state index in [0.717, 1.165) is 6.42 Å². The van der Waals surface area contributed by atoms with Crippen LogP contribution in [0.1, 0.15) is 45.4 Å². The first-order valence-corrected chi connectivity index (χ1v) is 9.78. The Balaban J connectivity index is 1.56. The molecule has 4 fully saturated rings. The van der Waals surface area contributed by atoms with Gasteiger partial charge in [0.1, 0.15) is 12.2 Å². The quantitative estimate of drug-likeness (QED) is 0.426. The summed E-state index contributed by atoms with van der Waals surface area (Å²) in [6.45, 7) is 5.07. The van der Waals surface area contributed by atoms with Gasteiger partial charge in [-0.15, -0.1) is 0 Å². The molecule has 4 rings (SSSR count). The van der Waals surface area contributed by atoms with E-state index in [0.29, 0.717) is 32.1 Å².